The molecule has 0 spiro atoms. The summed E-state index contributed by atoms with van der Waals surface area (Å²) in [5.74, 6) is 1.98. The molecule has 1 fully saturated rings. The number of rotatable bonds is 4. The van der Waals surface area contributed by atoms with Gasteiger partial charge in [-0.1, -0.05) is 40.2 Å². The van der Waals surface area contributed by atoms with Gasteiger partial charge in [-0.3, -0.25) is 4.99 Å². The van der Waals surface area contributed by atoms with Crippen molar-refractivity contribution in [2.75, 3.05) is 19.6 Å². The second-order valence-corrected chi connectivity index (χ2v) is 7.10. The summed E-state index contributed by atoms with van der Waals surface area (Å²) in [5, 5.41) is 6.07. The third-order valence-electron chi connectivity index (χ3n) is 4.43. The van der Waals surface area contributed by atoms with Crippen LogP contribution in [0.2, 0.25) is 0 Å². The van der Waals surface area contributed by atoms with Gasteiger partial charge in [-0.05, 0) is 47.2 Å². The van der Waals surface area contributed by atoms with Crippen molar-refractivity contribution in [3.05, 3.63) is 46.4 Å². The largest absolute Gasteiger partial charge is 0.352 e. The van der Waals surface area contributed by atoms with E-state index >= 15 is 0 Å². The van der Waals surface area contributed by atoms with E-state index in [0.29, 0.717) is 0 Å². The lowest BCUT2D eigenvalue weighted by atomic mass is 10.1. The molecule has 0 aromatic heterocycles. The molecule has 3 nitrogen and oxygen atoms in total. The van der Waals surface area contributed by atoms with Crippen LogP contribution in [0, 0.1) is 5.92 Å². The zero-order chi connectivity index (χ0) is 14.9. The normalized spacial score (nSPS) is 17.9. The molecule has 1 N–H and O–H groups in total. The first-order valence-corrected chi connectivity index (χ1v) is 8.79. The SMILES string of the molecule is Brc1cc(CNC2=NCCN2CC2CC2)cc2ccccc12. The van der Waals surface area contributed by atoms with Gasteiger partial charge in [0.1, 0.15) is 0 Å². The summed E-state index contributed by atoms with van der Waals surface area (Å²) < 4.78 is 1.16. The number of fused-ring (bicyclic) bond motifs is 1. The van der Waals surface area contributed by atoms with Gasteiger partial charge in [0.05, 0.1) is 6.54 Å². The Morgan fingerprint density at radius 1 is 1.23 bits per heavy atom. The number of nitrogens with one attached hydrogen (secondary N) is 1. The summed E-state index contributed by atoms with van der Waals surface area (Å²) in [6, 6.07) is 12.9. The molecule has 2 aromatic carbocycles. The molecule has 4 heteroatoms. The standard InChI is InChI=1S/C18H20BrN3/c19-17-10-14(9-15-3-1-2-4-16(15)17)11-21-18-20-7-8-22(18)12-13-5-6-13/h1-4,9-10,13H,5-8,11-12H2,(H,20,21). The predicted octanol–water partition coefficient (Wildman–Crippen LogP) is 3.77. The summed E-state index contributed by atoms with van der Waals surface area (Å²) in [5.41, 5.74) is 1.28. The van der Waals surface area contributed by atoms with Crippen LogP contribution < -0.4 is 5.32 Å². The van der Waals surface area contributed by atoms with E-state index < -0.39 is 0 Å². The molecular formula is C18H20BrN3. The summed E-state index contributed by atoms with van der Waals surface area (Å²) in [6.07, 6.45) is 2.78. The van der Waals surface area contributed by atoms with E-state index in [-0.39, 0.29) is 0 Å². The molecule has 22 heavy (non-hydrogen) atoms. The fraction of sp³-hybridized carbons (Fsp3) is 0.389. The zero-order valence-corrected chi connectivity index (χ0v) is 14.1. The Hall–Kier alpha value is -1.55. The molecule has 0 saturated heterocycles. The highest BCUT2D eigenvalue weighted by Gasteiger charge is 2.27. The summed E-state index contributed by atoms with van der Waals surface area (Å²) >= 11 is 3.69. The van der Waals surface area contributed by atoms with E-state index in [4.69, 9.17) is 0 Å². The van der Waals surface area contributed by atoms with Gasteiger partial charge in [0.15, 0.2) is 5.96 Å². The van der Waals surface area contributed by atoms with Gasteiger partial charge in [-0.2, -0.15) is 0 Å². The first kappa shape index (κ1) is 14.1. The van der Waals surface area contributed by atoms with Gasteiger partial charge in [-0.25, -0.2) is 0 Å². The van der Waals surface area contributed by atoms with E-state index in [1.807, 2.05) is 0 Å². The molecule has 0 bridgehead atoms. The third-order valence-corrected chi connectivity index (χ3v) is 5.08. The average molecular weight is 358 g/mol. The Balaban J connectivity index is 1.47. The van der Waals surface area contributed by atoms with Gasteiger partial charge < -0.3 is 10.2 Å². The molecule has 1 heterocycles. The van der Waals surface area contributed by atoms with E-state index in [9.17, 15) is 0 Å². The molecule has 1 aliphatic carbocycles. The predicted molar refractivity (Wildman–Crippen MR) is 95.1 cm³/mol. The molecule has 2 aromatic rings. The molecular weight excluding hydrogens is 338 g/mol. The van der Waals surface area contributed by atoms with Crippen LogP contribution in [0.15, 0.2) is 45.9 Å². The van der Waals surface area contributed by atoms with Crippen LogP contribution in [0.1, 0.15) is 18.4 Å². The molecule has 0 amide bonds. The molecule has 4 rings (SSSR count). The lowest BCUT2D eigenvalue weighted by Gasteiger charge is -2.21. The lowest BCUT2D eigenvalue weighted by Crippen LogP contribution is -2.39. The van der Waals surface area contributed by atoms with Crippen molar-refractivity contribution in [2.24, 2.45) is 10.9 Å². The first-order chi connectivity index (χ1) is 10.8. The maximum atomic E-state index is 4.62. The van der Waals surface area contributed by atoms with Gasteiger partial charge >= 0.3 is 0 Å². The summed E-state index contributed by atoms with van der Waals surface area (Å²) in [7, 11) is 0. The van der Waals surface area contributed by atoms with Crippen molar-refractivity contribution in [3.8, 4) is 0 Å². The third kappa shape index (κ3) is 2.98. The van der Waals surface area contributed by atoms with Crippen molar-refractivity contribution in [1.29, 1.82) is 0 Å². The highest BCUT2D eigenvalue weighted by molar-refractivity contribution is 9.10. The second-order valence-electron chi connectivity index (χ2n) is 6.25. The molecule has 0 atom stereocenters. The highest BCUT2D eigenvalue weighted by Crippen LogP contribution is 2.30. The van der Waals surface area contributed by atoms with Crippen molar-refractivity contribution in [2.45, 2.75) is 19.4 Å². The summed E-state index contributed by atoms with van der Waals surface area (Å²) in [4.78, 5) is 7.03. The quantitative estimate of drug-likeness (QED) is 0.901. The van der Waals surface area contributed by atoms with Crippen LogP contribution in [0.3, 0.4) is 0 Å². The summed E-state index contributed by atoms with van der Waals surface area (Å²) in [6.45, 7) is 3.99. The Labute approximate surface area is 139 Å². The lowest BCUT2D eigenvalue weighted by molar-refractivity contribution is 0.421. The van der Waals surface area contributed by atoms with Crippen LogP contribution >= 0.6 is 15.9 Å². The second kappa shape index (κ2) is 5.92. The van der Waals surface area contributed by atoms with Crippen LogP contribution in [0.4, 0.5) is 0 Å². The van der Waals surface area contributed by atoms with Crippen molar-refractivity contribution >= 4 is 32.7 Å². The minimum Gasteiger partial charge on any atom is -0.352 e. The van der Waals surface area contributed by atoms with Crippen molar-refractivity contribution in [1.82, 2.24) is 10.2 Å². The maximum absolute atomic E-state index is 4.62. The smallest absolute Gasteiger partial charge is 0.194 e. The Morgan fingerprint density at radius 2 is 2.09 bits per heavy atom. The van der Waals surface area contributed by atoms with Crippen LogP contribution in [-0.2, 0) is 6.54 Å². The molecule has 0 unspecified atom stereocenters. The minimum absolute atomic E-state index is 0.823. The molecule has 0 radical (unpaired) electrons. The molecule has 1 saturated carbocycles. The topological polar surface area (TPSA) is 27.6 Å². The van der Waals surface area contributed by atoms with Gasteiger partial charge in [-0.15, -0.1) is 0 Å². The van der Waals surface area contributed by atoms with E-state index in [1.54, 1.807) is 0 Å². The molecule has 114 valence electrons. The minimum atomic E-state index is 0.823. The van der Waals surface area contributed by atoms with E-state index in [1.165, 1.54) is 35.7 Å². The number of hydrogen-bond acceptors (Lipinski definition) is 3. The van der Waals surface area contributed by atoms with Gasteiger partial charge in [0.25, 0.3) is 0 Å². The fourth-order valence-corrected chi connectivity index (χ4v) is 3.70. The highest BCUT2D eigenvalue weighted by atomic mass is 79.9. The van der Waals surface area contributed by atoms with E-state index in [0.717, 1.165) is 36.0 Å². The monoisotopic (exact) mass is 357 g/mol. The Bertz CT molecular complexity index is 721. The number of aliphatic imine (C=N–C) groups is 1. The van der Waals surface area contributed by atoms with Crippen molar-refractivity contribution < 1.29 is 0 Å². The van der Waals surface area contributed by atoms with Crippen molar-refractivity contribution in [3.63, 3.8) is 0 Å². The molecule has 1 aliphatic heterocycles. The van der Waals surface area contributed by atoms with E-state index in [2.05, 4.69) is 67.5 Å². The zero-order valence-electron chi connectivity index (χ0n) is 12.6. The van der Waals surface area contributed by atoms with Crippen LogP contribution in [0.25, 0.3) is 10.8 Å². The van der Waals surface area contributed by atoms with Crippen LogP contribution in [-0.4, -0.2) is 30.5 Å². The number of halogens is 1. The van der Waals surface area contributed by atoms with Gasteiger partial charge in [0, 0.05) is 24.1 Å². The Kier molecular flexibility index (Phi) is 3.78. The number of hydrogen-bond donors (Lipinski definition) is 1. The maximum Gasteiger partial charge on any atom is 0.194 e. The number of nitrogens with zero attached hydrogens (tertiary/aromatic N) is 2. The molecule has 2 aliphatic rings. The Morgan fingerprint density at radius 3 is 2.95 bits per heavy atom. The average Bonchev–Trinajstić information content (AvgIpc) is 3.23. The fourth-order valence-electron chi connectivity index (χ4n) is 3.05. The number of benzene rings is 2. The first-order valence-electron chi connectivity index (χ1n) is 8.00. The van der Waals surface area contributed by atoms with Crippen LogP contribution in [0.5, 0.6) is 0 Å². The van der Waals surface area contributed by atoms with Gasteiger partial charge in [0.2, 0.25) is 0 Å². The number of guanidine groups is 1.